The van der Waals surface area contributed by atoms with Crippen LogP contribution >= 0.6 is 0 Å². The molecule has 0 saturated carbocycles. The predicted molar refractivity (Wildman–Crippen MR) is 87.7 cm³/mol. The second-order valence-corrected chi connectivity index (χ2v) is 4.89. The molecule has 0 radical (unpaired) electrons. The van der Waals surface area contributed by atoms with E-state index in [1.165, 1.54) is 11.6 Å². The van der Waals surface area contributed by atoms with Crippen LogP contribution in [0.3, 0.4) is 0 Å². The molecule has 0 fully saturated rings. The van der Waals surface area contributed by atoms with Crippen molar-refractivity contribution in [2.45, 2.75) is 20.4 Å². The minimum Gasteiger partial charge on any atom is -0.491 e. The van der Waals surface area contributed by atoms with Crippen molar-refractivity contribution >= 4 is 11.6 Å². The lowest BCUT2D eigenvalue weighted by Gasteiger charge is -2.07. The van der Waals surface area contributed by atoms with Crippen molar-refractivity contribution in [1.29, 1.82) is 0 Å². The van der Waals surface area contributed by atoms with Gasteiger partial charge in [-0.15, -0.1) is 0 Å². The molecule has 2 aromatic rings. The van der Waals surface area contributed by atoms with Crippen molar-refractivity contribution < 1.29 is 9.13 Å². The van der Waals surface area contributed by atoms with Crippen LogP contribution in [-0.4, -0.2) is 12.6 Å². The van der Waals surface area contributed by atoms with Crippen LogP contribution in [0.1, 0.15) is 18.1 Å². The lowest BCUT2D eigenvalue weighted by atomic mass is 10.2. The highest BCUT2D eigenvalue weighted by atomic mass is 19.1. The molecule has 116 valence electrons. The third-order valence-corrected chi connectivity index (χ3v) is 3.05. The molecule has 22 heavy (non-hydrogen) atoms. The van der Waals surface area contributed by atoms with Crippen molar-refractivity contribution in [3.05, 3.63) is 59.4 Å². The van der Waals surface area contributed by atoms with Crippen LogP contribution in [0, 0.1) is 12.7 Å². The standard InChI is InChI=1S/C17H20FN3O/c1-3-22-16-9-6-13(10-15(16)18)11-20-17(19)21-14-7-4-12(2)5-8-14/h4-10H,3,11H2,1-2H3,(H3,19,20,21). The zero-order valence-electron chi connectivity index (χ0n) is 12.8. The maximum atomic E-state index is 13.7. The van der Waals surface area contributed by atoms with Gasteiger partial charge in [0.05, 0.1) is 13.2 Å². The summed E-state index contributed by atoms with van der Waals surface area (Å²) in [7, 11) is 0. The summed E-state index contributed by atoms with van der Waals surface area (Å²) >= 11 is 0. The third kappa shape index (κ3) is 4.48. The molecule has 3 N–H and O–H groups in total. The number of hydrogen-bond donors (Lipinski definition) is 2. The van der Waals surface area contributed by atoms with Crippen molar-refractivity contribution in [2.24, 2.45) is 10.7 Å². The zero-order chi connectivity index (χ0) is 15.9. The normalized spacial score (nSPS) is 11.3. The van der Waals surface area contributed by atoms with Gasteiger partial charge in [0.1, 0.15) is 0 Å². The minimum absolute atomic E-state index is 0.251. The number of nitrogens with two attached hydrogens (primary N) is 1. The Hall–Kier alpha value is -2.56. The molecule has 2 aromatic carbocycles. The molecular weight excluding hydrogens is 281 g/mol. The maximum Gasteiger partial charge on any atom is 0.193 e. The fraction of sp³-hybridized carbons (Fsp3) is 0.235. The summed E-state index contributed by atoms with van der Waals surface area (Å²) in [5.41, 5.74) is 8.60. The van der Waals surface area contributed by atoms with Crippen LogP contribution in [0.25, 0.3) is 0 Å². The lowest BCUT2D eigenvalue weighted by Crippen LogP contribution is -2.22. The summed E-state index contributed by atoms with van der Waals surface area (Å²) in [5.74, 6) is 0.152. The highest BCUT2D eigenvalue weighted by Crippen LogP contribution is 2.18. The second kappa shape index (κ2) is 7.45. The van der Waals surface area contributed by atoms with E-state index in [0.717, 1.165) is 11.3 Å². The predicted octanol–water partition coefficient (Wildman–Crippen LogP) is 3.46. The van der Waals surface area contributed by atoms with Crippen LogP contribution in [0.5, 0.6) is 5.75 Å². The van der Waals surface area contributed by atoms with Gasteiger partial charge in [0.25, 0.3) is 0 Å². The highest BCUT2D eigenvalue weighted by molar-refractivity contribution is 5.92. The van der Waals surface area contributed by atoms with Gasteiger partial charge in [-0.3, -0.25) is 0 Å². The number of halogens is 1. The van der Waals surface area contributed by atoms with Gasteiger partial charge in [-0.05, 0) is 43.7 Å². The van der Waals surface area contributed by atoms with E-state index in [2.05, 4.69) is 10.3 Å². The molecule has 0 saturated heterocycles. The number of benzene rings is 2. The molecule has 0 spiro atoms. The average molecular weight is 301 g/mol. The summed E-state index contributed by atoms with van der Waals surface area (Å²) in [6, 6.07) is 12.6. The van der Waals surface area contributed by atoms with E-state index in [1.807, 2.05) is 38.1 Å². The number of ether oxygens (including phenoxy) is 1. The fourth-order valence-corrected chi connectivity index (χ4v) is 1.92. The van der Waals surface area contributed by atoms with Gasteiger partial charge in [-0.2, -0.15) is 0 Å². The van der Waals surface area contributed by atoms with E-state index in [1.54, 1.807) is 12.1 Å². The van der Waals surface area contributed by atoms with E-state index in [9.17, 15) is 4.39 Å². The summed E-state index contributed by atoms with van der Waals surface area (Å²) < 4.78 is 18.9. The van der Waals surface area contributed by atoms with Crippen LogP contribution in [0.2, 0.25) is 0 Å². The van der Waals surface area contributed by atoms with Gasteiger partial charge in [-0.1, -0.05) is 23.8 Å². The van der Waals surface area contributed by atoms with Gasteiger partial charge in [-0.25, -0.2) is 9.38 Å². The molecule has 0 aliphatic heterocycles. The maximum absolute atomic E-state index is 13.7. The fourth-order valence-electron chi connectivity index (χ4n) is 1.92. The second-order valence-electron chi connectivity index (χ2n) is 4.89. The third-order valence-electron chi connectivity index (χ3n) is 3.05. The molecule has 0 unspecified atom stereocenters. The molecule has 0 amide bonds. The van der Waals surface area contributed by atoms with E-state index >= 15 is 0 Å². The number of aliphatic imine (C=N–C) groups is 1. The highest BCUT2D eigenvalue weighted by Gasteiger charge is 2.04. The van der Waals surface area contributed by atoms with Crippen molar-refractivity contribution in [1.82, 2.24) is 0 Å². The smallest absolute Gasteiger partial charge is 0.193 e. The molecule has 0 atom stereocenters. The minimum atomic E-state index is -0.389. The molecule has 4 nitrogen and oxygen atoms in total. The summed E-state index contributed by atoms with van der Waals surface area (Å²) in [6.45, 7) is 4.56. The largest absolute Gasteiger partial charge is 0.491 e. The van der Waals surface area contributed by atoms with Gasteiger partial charge < -0.3 is 15.8 Å². The Morgan fingerprint density at radius 3 is 2.59 bits per heavy atom. The quantitative estimate of drug-likeness (QED) is 0.657. The molecule has 0 aliphatic rings. The van der Waals surface area contributed by atoms with Crippen molar-refractivity contribution in [3.63, 3.8) is 0 Å². The Morgan fingerprint density at radius 2 is 1.95 bits per heavy atom. The topological polar surface area (TPSA) is 59.6 Å². The van der Waals surface area contributed by atoms with Gasteiger partial charge in [0.15, 0.2) is 17.5 Å². The van der Waals surface area contributed by atoms with Gasteiger partial charge >= 0.3 is 0 Å². The number of nitrogens with one attached hydrogen (secondary N) is 1. The van der Waals surface area contributed by atoms with E-state index in [4.69, 9.17) is 10.5 Å². The average Bonchev–Trinajstić information content (AvgIpc) is 2.50. The molecule has 5 heteroatoms. The molecule has 2 rings (SSSR count). The van der Waals surface area contributed by atoms with Gasteiger partial charge in [0, 0.05) is 5.69 Å². The van der Waals surface area contributed by atoms with Crippen LogP contribution < -0.4 is 15.8 Å². The van der Waals surface area contributed by atoms with Gasteiger partial charge in [0.2, 0.25) is 0 Å². The number of anilines is 1. The molecule has 0 heterocycles. The van der Waals surface area contributed by atoms with E-state index < -0.39 is 0 Å². The number of guanidine groups is 1. The van der Waals surface area contributed by atoms with Crippen LogP contribution in [0.15, 0.2) is 47.5 Å². The summed E-state index contributed by atoms with van der Waals surface area (Å²) in [4.78, 5) is 4.20. The van der Waals surface area contributed by atoms with E-state index in [0.29, 0.717) is 13.2 Å². The Kier molecular flexibility index (Phi) is 5.36. The first-order valence-corrected chi connectivity index (χ1v) is 7.13. The summed E-state index contributed by atoms with van der Waals surface area (Å²) in [5, 5.41) is 2.99. The Morgan fingerprint density at radius 1 is 1.23 bits per heavy atom. The van der Waals surface area contributed by atoms with Crippen LogP contribution in [-0.2, 0) is 6.54 Å². The first-order chi connectivity index (χ1) is 10.6. The molecule has 0 aromatic heterocycles. The van der Waals surface area contributed by atoms with Crippen LogP contribution in [0.4, 0.5) is 10.1 Å². The Labute approximate surface area is 129 Å². The number of nitrogens with zero attached hydrogens (tertiary/aromatic N) is 1. The molecular formula is C17H20FN3O. The number of hydrogen-bond acceptors (Lipinski definition) is 2. The van der Waals surface area contributed by atoms with Crippen molar-refractivity contribution in [2.75, 3.05) is 11.9 Å². The Bertz CT molecular complexity index is 653. The first kappa shape index (κ1) is 15.8. The van der Waals surface area contributed by atoms with E-state index in [-0.39, 0.29) is 17.5 Å². The molecule has 0 aliphatic carbocycles. The Balaban J connectivity index is 1.98. The number of aryl methyl sites for hydroxylation is 1. The zero-order valence-corrected chi connectivity index (χ0v) is 12.8. The molecule has 0 bridgehead atoms. The summed E-state index contributed by atoms with van der Waals surface area (Å²) in [6.07, 6.45) is 0. The first-order valence-electron chi connectivity index (χ1n) is 7.13. The SMILES string of the molecule is CCOc1ccc(CN=C(N)Nc2ccc(C)cc2)cc1F. The lowest BCUT2D eigenvalue weighted by molar-refractivity contribution is 0.321. The van der Waals surface area contributed by atoms with Crippen molar-refractivity contribution in [3.8, 4) is 5.75 Å². The monoisotopic (exact) mass is 301 g/mol. The number of rotatable bonds is 5.